The summed E-state index contributed by atoms with van der Waals surface area (Å²) in [6.45, 7) is 8.68. The Labute approximate surface area is 103 Å². The van der Waals surface area contributed by atoms with Crippen LogP contribution in [0.5, 0.6) is 0 Å². The Morgan fingerprint density at radius 2 is 1.87 bits per heavy atom. The van der Waals surface area contributed by atoms with E-state index in [4.69, 9.17) is 23.2 Å². The van der Waals surface area contributed by atoms with Gasteiger partial charge in [0.1, 0.15) is 0 Å². The van der Waals surface area contributed by atoms with Crippen LogP contribution in [0.15, 0.2) is 11.1 Å². The third kappa shape index (κ3) is 5.21. The highest BCUT2D eigenvalue weighted by molar-refractivity contribution is 6.25. The van der Waals surface area contributed by atoms with Gasteiger partial charge in [0, 0.05) is 37.6 Å². The van der Waals surface area contributed by atoms with Crippen LogP contribution in [0.4, 0.5) is 0 Å². The van der Waals surface area contributed by atoms with Gasteiger partial charge in [-0.1, -0.05) is 11.6 Å². The summed E-state index contributed by atoms with van der Waals surface area (Å²) in [5.41, 5.74) is 2.92. The second kappa shape index (κ2) is 7.50. The average molecular weight is 251 g/mol. The Balaban J connectivity index is 2.32. The predicted molar refractivity (Wildman–Crippen MR) is 67.8 cm³/mol. The molecule has 0 atom stereocenters. The van der Waals surface area contributed by atoms with Crippen LogP contribution in [0, 0.1) is 0 Å². The molecule has 0 aromatic carbocycles. The van der Waals surface area contributed by atoms with Crippen molar-refractivity contribution in [3.63, 3.8) is 0 Å². The van der Waals surface area contributed by atoms with Crippen LogP contribution in [-0.2, 0) is 0 Å². The van der Waals surface area contributed by atoms with Crippen LogP contribution >= 0.6 is 23.2 Å². The van der Waals surface area contributed by atoms with E-state index in [0.29, 0.717) is 0 Å². The summed E-state index contributed by atoms with van der Waals surface area (Å²) in [5.74, 6) is 0.737. The highest BCUT2D eigenvalue weighted by Gasteiger charge is 2.13. The molecule has 2 nitrogen and oxygen atoms in total. The molecule has 0 aliphatic carbocycles. The Bertz CT molecular complexity index is 207. The number of alkyl halides is 1. The minimum absolute atomic E-state index is 0.737. The van der Waals surface area contributed by atoms with E-state index in [1.807, 2.05) is 0 Å². The maximum absolute atomic E-state index is 5.75. The molecule has 0 aromatic rings. The van der Waals surface area contributed by atoms with E-state index in [1.165, 1.54) is 25.1 Å². The zero-order valence-electron chi connectivity index (χ0n) is 9.38. The van der Waals surface area contributed by atoms with Gasteiger partial charge in [-0.05, 0) is 32.0 Å². The minimum Gasteiger partial charge on any atom is -0.301 e. The van der Waals surface area contributed by atoms with Crippen molar-refractivity contribution < 1.29 is 0 Å². The first kappa shape index (κ1) is 13.3. The van der Waals surface area contributed by atoms with Gasteiger partial charge in [0.2, 0.25) is 0 Å². The first-order valence-corrected chi connectivity index (χ1v) is 6.50. The van der Waals surface area contributed by atoms with E-state index in [0.717, 1.165) is 32.1 Å². The Morgan fingerprint density at radius 1 is 1.20 bits per heavy atom. The fourth-order valence-corrected chi connectivity index (χ4v) is 2.22. The lowest BCUT2D eigenvalue weighted by Gasteiger charge is -2.21. The number of hydrogen-bond donors (Lipinski definition) is 0. The fourth-order valence-electron chi connectivity index (χ4n) is 1.91. The molecule has 1 rings (SSSR count). The third-order valence-corrected chi connectivity index (χ3v) is 3.28. The summed E-state index contributed by atoms with van der Waals surface area (Å²) < 4.78 is 0. The first-order valence-electron chi connectivity index (χ1n) is 5.53. The predicted octanol–water partition coefficient (Wildman–Crippen LogP) is 2.38. The molecule has 1 fully saturated rings. The molecule has 1 aliphatic rings. The van der Waals surface area contributed by atoms with Crippen LogP contribution in [0.2, 0.25) is 0 Å². The lowest BCUT2D eigenvalue weighted by atomic mass is 10.3. The number of nitrogens with zero attached hydrogens (tertiary/aromatic N) is 2. The molecule has 1 saturated heterocycles. The van der Waals surface area contributed by atoms with Crippen molar-refractivity contribution in [1.82, 2.24) is 9.80 Å². The average Bonchev–Trinajstić information content (AvgIpc) is 2.45. The SMILES string of the molecule is CC(=CCl)CN1CCCN(CCCl)CC1. The number of hydrogen-bond acceptors (Lipinski definition) is 2. The Hall–Kier alpha value is 0.240. The van der Waals surface area contributed by atoms with Crippen molar-refractivity contribution >= 4 is 23.2 Å². The van der Waals surface area contributed by atoms with Gasteiger partial charge in [-0.15, -0.1) is 11.6 Å². The van der Waals surface area contributed by atoms with Gasteiger partial charge in [0.15, 0.2) is 0 Å². The third-order valence-electron chi connectivity index (χ3n) is 2.74. The fraction of sp³-hybridized carbons (Fsp3) is 0.818. The van der Waals surface area contributed by atoms with Crippen LogP contribution < -0.4 is 0 Å². The van der Waals surface area contributed by atoms with Crippen LogP contribution in [-0.4, -0.2) is 54.9 Å². The van der Waals surface area contributed by atoms with Crippen molar-refractivity contribution in [2.75, 3.05) is 45.1 Å². The zero-order valence-corrected chi connectivity index (χ0v) is 10.9. The maximum atomic E-state index is 5.75. The minimum atomic E-state index is 0.737. The van der Waals surface area contributed by atoms with Crippen molar-refractivity contribution in [3.05, 3.63) is 11.1 Å². The van der Waals surface area contributed by atoms with Gasteiger partial charge >= 0.3 is 0 Å². The number of rotatable bonds is 4. The van der Waals surface area contributed by atoms with Gasteiger partial charge in [0.05, 0.1) is 0 Å². The molecular formula is C11H20Cl2N2. The molecule has 0 bridgehead atoms. The first-order chi connectivity index (χ1) is 7.26. The molecule has 0 N–H and O–H groups in total. The second-order valence-electron chi connectivity index (χ2n) is 4.12. The zero-order chi connectivity index (χ0) is 11.1. The Kier molecular flexibility index (Phi) is 6.66. The molecule has 0 saturated carbocycles. The molecule has 0 aromatic heterocycles. The summed E-state index contributed by atoms with van der Waals surface area (Å²) >= 11 is 11.4. The summed E-state index contributed by atoms with van der Waals surface area (Å²) in [6, 6.07) is 0. The topological polar surface area (TPSA) is 6.48 Å². The smallest absolute Gasteiger partial charge is 0.0351 e. The Morgan fingerprint density at radius 3 is 2.53 bits per heavy atom. The molecule has 15 heavy (non-hydrogen) atoms. The lowest BCUT2D eigenvalue weighted by molar-refractivity contribution is 0.276. The van der Waals surface area contributed by atoms with E-state index in [-0.39, 0.29) is 0 Å². The highest BCUT2D eigenvalue weighted by atomic mass is 35.5. The largest absolute Gasteiger partial charge is 0.301 e. The summed E-state index contributed by atoms with van der Waals surface area (Å²) in [4.78, 5) is 4.90. The van der Waals surface area contributed by atoms with Crippen molar-refractivity contribution in [2.24, 2.45) is 0 Å². The van der Waals surface area contributed by atoms with E-state index in [1.54, 1.807) is 5.54 Å². The maximum Gasteiger partial charge on any atom is 0.0351 e. The van der Waals surface area contributed by atoms with Crippen molar-refractivity contribution in [3.8, 4) is 0 Å². The van der Waals surface area contributed by atoms with E-state index in [2.05, 4.69) is 16.7 Å². The monoisotopic (exact) mass is 250 g/mol. The molecule has 1 aliphatic heterocycles. The van der Waals surface area contributed by atoms with Gasteiger partial charge in [-0.2, -0.15) is 0 Å². The van der Waals surface area contributed by atoms with Gasteiger partial charge in [-0.3, -0.25) is 4.90 Å². The molecule has 1 heterocycles. The summed E-state index contributed by atoms with van der Waals surface area (Å²) in [7, 11) is 0. The molecule has 4 heteroatoms. The van der Waals surface area contributed by atoms with Crippen LogP contribution in [0.1, 0.15) is 13.3 Å². The van der Waals surface area contributed by atoms with Crippen LogP contribution in [0.3, 0.4) is 0 Å². The van der Waals surface area contributed by atoms with E-state index in [9.17, 15) is 0 Å². The molecule has 88 valence electrons. The molecular weight excluding hydrogens is 231 g/mol. The lowest BCUT2D eigenvalue weighted by Crippen LogP contribution is -2.32. The van der Waals surface area contributed by atoms with E-state index >= 15 is 0 Å². The quantitative estimate of drug-likeness (QED) is 0.708. The number of halogens is 2. The highest BCUT2D eigenvalue weighted by Crippen LogP contribution is 2.06. The summed E-state index contributed by atoms with van der Waals surface area (Å²) in [6.07, 6.45) is 1.23. The van der Waals surface area contributed by atoms with Gasteiger partial charge < -0.3 is 4.90 Å². The second-order valence-corrected chi connectivity index (χ2v) is 4.71. The molecule has 0 amide bonds. The van der Waals surface area contributed by atoms with Gasteiger partial charge in [0.25, 0.3) is 0 Å². The molecule has 0 unspecified atom stereocenters. The molecule has 0 spiro atoms. The normalized spacial score (nSPS) is 21.7. The van der Waals surface area contributed by atoms with Crippen LogP contribution in [0.25, 0.3) is 0 Å². The van der Waals surface area contributed by atoms with Crippen molar-refractivity contribution in [1.29, 1.82) is 0 Å². The van der Waals surface area contributed by atoms with Gasteiger partial charge in [-0.25, -0.2) is 0 Å². The van der Waals surface area contributed by atoms with E-state index < -0.39 is 0 Å². The standard InChI is InChI=1S/C11H20Cl2N2/c1-11(9-13)10-15-5-2-4-14(6-3-12)7-8-15/h9H,2-8,10H2,1H3. The van der Waals surface area contributed by atoms with Crippen molar-refractivity contribution in [2.45, 2.75) is 13.3 Å². The molecule has 0 radical (unpaired) electrons. The summed E-state index contributed by atoms with van der Waals surface area (Å²) in [5, 5.41) is 0.